The first-order chi connectivity index (χ1) is 13.9. The van der Waals surface area contributed by atoms with E-state index in [1.165, 1.54) is 16.4 Å². The number of aromatic nitrogens is 3. The topological polar surface area (TPSA) is 87.9 Å². The molecule has 1 aromatic carbocycles. The number of aryl methyl sites for hydroxylation is 1. The molecule has 3 heterocycles. The highest BCUT2D eigenvalue weighted by molar-refractivity contribution is 7.89. The fraction of sp³-hybridized carbons (Fsp3) is 0.316. The second kappa shape index (κ2) is 7.53. The lowest BCUT2D eigenvalue weighted by molar-refractivity contribution is 0.0765. The average molecular weight is 417 g/mol. The Balaban J connectivity index is 1.55. The Morgan fingerprint density at radius 3 is 2.62 bits per heavy atom. The van der Waals surface area contributed by atoms with Crippen molar-refractivity contribution in [3.05, 3.63) is 59.8 Å². The second-order valence-corrected chi connectivity index (χ2v) is 8.79. The van der Waals surface area contributed by atoms with Gasteiger partial charge in [-0.15, -0.1) is 0 Å². The number of carbonyl (C=O) groups is 1. The van der Waals surface area contributed by atoms with Gasteiger partial charge in [-0.2, -0.15) is 9.40 Å². The first-order valence-electron chi connectivity index (χ1n) is 9.23. The molecule has 2 aromatic heterocycles. The maximum absolute atomic E-state index is 13.1. The summed E-state index contributed by atoms with van der Waals surface area (Å²) in [7, 11) is -3.75. The van der Waals surface area contributed by atoms with Gasteiger partial charge in [0.2, 0.25) is 10.0 Å². The summed E-state index contributed by atoms with van der Waals surface area (Å²) < 4.78 is 41.8. The quantitative estimate of drug-likeness (QED) is 0.648. The SMILES string of the molecule is Cc1nn2cccnc2c1C(=O)N1CCCN(S(=O)(=O)c2ccc(F)cc2)CC1. The van der Waals surface area contributed by atoms with Gasteiger partial charge in [0.25, 0.3) is 5.91 Å². The predicted octanol–water partition coefficient (Wildman–Crippen LogP) is 1.71. The van der Waals surface area contributed by atoms with E-state index < -0.39 is 15.8 Å². The van der Waals surface area contributed by atoms with Gasteiger partial charge < -0.3 is 4.90 Å². The highest BCUT2D eigenvalue weighted by atomic mass is 32.2. The minimum atomic E-state index is -3.75. The van der Waals surface area contributed by atoms with Crippen LogP contribution < -0.4 is 0 Å². The number of hydrogen-bond donors (Lipinski definition) is 0. The van der Waals surface area contributed by atoms with E-state index in [1.807, 2.05) is 0 Å². The van der Waals surface area contributed by atoms with Crippen molar-refractivity contribution in [1.82, 2.24) is 23.8 Å². The molecule has 0 spiro atoms. The van der Waals surface area contributed by atoms with Crippen LogP contribution in [0.1, 0.15) is 22.5 Å². The largest absolute Gasteiger partial charge is 0.337 e. The van der Waals surface area contributed by atoms with Crippen molar-refractivity contribution in [2.45, 2.75) is 18.2 Å². The minimum absolute atomic E-state index is 0.0429. The third-order valence-corrected chi connectivity index (χ3v) is 6.89. The van der Waals surface area contributed by atoms with E-state index in [1.54, 1.807) is 34.8 Å². The van der Waals surface area contributed by atoms with Crippen LogP contribution in [0.25, 0.3) is 5.65 Å². The molecule has 1 amide bonds. The van der Waals surface area contributed by atoms with Crippen LogP contribution in [0.15, 0.2) is 47.6 Å². The predicted molar refractivity (Wildman–Crippen MR) is 103 cm³/mol. The van der Waals surface area contributed by atoms with Gasteiger partial charge in [-0.1, -0.05) is 0 Å². The summed E-state index contributed by atoms with van der Waals surface area (Å²) in [5, 5.41) is 4.32. The van der Waals surface area contributed by atoms with Crippen molar-refractivity contribution < 1.29 is 17.6 Å². The Hall–Kier alpha value is -2.85. The van der Waals surface area contributed by atoms with E-state index in [2.05, 4.69) is 10.1 Å². The summed E-state index contributed by atoms with van der Waals surface area (Å²) in [4.78, 5) is 19.1. The molecule has 0 unspecified atom stereocenters. The zero-order chi connectivity index (χ0) is 20.6. The van der Waals surface area contributed by atoms with Crippen molar-refractivity contribution >= 4 is 21.6 Å². The molecule has 29 heavy (non-hydrogen) atoms. The Bertz CT molecular complexity index is 1160. The minimum Gasteiger partial charge on any atom is -0.337 e. The number of fused-ring (bicyclic) bond motifs is 1. The van der Waals surface area contributed by atoms with Crippen molar-refractivity contribution in [2.75, 3.05) is 26.2 Å². The fourth-order valence-corrected chi connectivity index (χ4v) is 4.97. The molecule has 1 aliphatic rings. The van der Waals surface area contributed by atoms with Gasteiger partial charge in [0.05, 0.1) is 10.6 Å². The Morgan fingerprint density at radius 1 is 1.10 bits per heavy atom. The lowest BCUT2D eigenvalue weighted by atomic mass is 10.2. The number of rotatable bonds is 3. The van der Waals surface area contributed by atoms with Crippen LogP contribution in [-0.4, -0.2) is 64.3 Å². The molecular weight excluding hydrogens is 397 g/mol. The molecule has 4 rings (SSSR count). The summed E-state index contributed by atoms with van der Waals surface area (Å²) in [6.45, 7) is 2.89. The van der Waals surface area contributed by atoms with E-state index >= 15 is 0 Å². The number of carbonyl (C=O) groups excluding carboxylic acids is 1. The number of nitrogens with zero attached hydrogens (tertiary/aromatic N) is 5. The fourth-order valence-electron chi connectivity index (χ4n) is 3.50. The van der Waals surface area contributed by atoms with Gasteiger partial charge in [0.1, 0.15) is 11.4 Å². The van der Waals surface area contributed by atoms with Crippen LogP contribution in [0.3, 0.4) is 0 Å². The lowest BCUT2D eigenvalue weighted by Gasteiger charge is -2.22. The molecule has 1 aliphatic heterocycles. The molecule has 1 fully saturated rings. The molecule has 0 aliphatic carbocycles. The van der Waals surface area contributed by atoms with Crippen LogP contribution in [0.5, 0.6) is 0 Å². The number of hydrogen-bond acceptors (Lipinski definition) is 5. The molecule has 0 radical (unpaired) electrons. The summed E-state index contributed by atoms with van der Waals surface area (Å²) in [5.74, 6) is -0.703. The molecule has 152 valence electrons. The van der Waals surface area contributed by atoms with Gasteiger partial charge >= 0.3 is 0 Å². The zero-order valence-electron chi connectivity index (χ0n) is 15.8. The highest BCUT2D eigenvalue weighted by Gasteiger charge is 2.30. The monoisotopic (exact) mass is 417 g/mol. The molecule has 0 saturated carbocycles. The van der Waals surface area contributed by atoms with Crippen molar-refractivity contribution in [3.63, 3.8) is 0 Å². The number of benzene rings is 1. The number of sulfonamides is 1. The van der Waals surface area contributed by atoms with Crippen LogP contribution in [0.2, 0.25) is 0 Å². The van der Waals surface area contributed by atoms with Crippen LogP contribution in [0.4, 0.5) is 4.39 Å². The summed E-state index contributed by atoms with van der Waals surface area (Å²) >= 11 is 0. The van der Waals surface area contributed by atoms with Gasteiger partial charge in [0, 0.05) is 38.6 Å². The third kappa shape index (κ3) is 3.60. The molecular formula is C19H20FN5O3S. The van der Waals surface area contributed by atoms with E-state index in [4.69, 9.17) is 0 Å². The maximum Gasteiger partial charge on any atom is 0.259 e. The lowest BCUT2D eigenvalue weighted by Crippen LogP contribution is -2.37. The summed E-state index contributed by atoms with van der Waals surface area (Å²) in [5.41, 5.74) is 1.49. The molecule has 8 nitrogen and oxygen atoms in total. The standard InChI is InChI=1S/C19H20FN5O3S/c1-14-17(18-21-8-2-11-25(18)22-14)19(26)23-9-3-10-24(13-12-23)29(27,28)16-6-4-15(20)5-7-16/h2,4-8,11H,3,9-10,12-13H2,1H3. The average Bonchev–Trinajstić information content (AvgIpc) is 2.87. The Kier molecular flexibility index (Phi) is 5.05. The Labute approximate surface area is 167 Å². The first-order valence-corrected chi connectivity index (χ1v) is 10.7. The van der Waals surface area contributed by atoms with Crippen molar-refractivity contribution in [3.8, 4) is 0 Å². The Morgan fingerprint density at radius 2 is 1.86 bits per heavy atom. The maximum atomic E-state index is 13.1. The molecule has 0 atom stereocenters. The molecule has 1 saturated heterocycles. The van der Waals surface area contributed by atoms with E-state index in [-0.39, 0.29) is 30.4 Å². The second-order valence-electron chi connectivity index (χ2n) is 6.85. The van der Waals surface area contributed by atoms with Gasteiger partial charge in [-0.25, -0.2) is 22.3 Å². The van der Waals surface area contributed by atoms with Crippen molar-refractivity contribution in [2.24, 2.45) is 0 Å². The normalized spacial score (nSPS) is 16.1. The van der Waals surface area contributed by atoms with Gasteiger partial charge in [-0.3, -0.25) is 4.79 Å². The smallest absolute Gasteiger partial charge is 0.259 e. The molecule has 0 bridgehead atoms. The summed E-state index contributed by atoms with van der Waals surface area (Å²) in [6, 6.07) is 6.50. The first kappa shape index (κ1) is 19.5. The van der Waals surface area contributed by atoms with Crippen LogP contribution in [0, 0.1) is 12.7 Å². The molecule has 10 heteroatoms. The van der Waals surface area contributed by atoms with E-state index in [0.29, 0.717) is 29.9 Å². The highest BCUT2D eigenvalue weighted by Crippen LogP contribution is 2.20. The van der Waals surface area contributed by atoms with Gasteiger partial charge in [-0.05, 0) is 43.7 Å². The summed E-state index contributed by atoms with van der Waals surface area (Å²) in [6.07, 6.45) is 3.83. The number of halogens is 1. The van der Waals surface area contributed by atoms with E-state index in [9.17, 15) is 17.6 Å². The van der Waals surface area contributed by atoms with Gasteiger partial charge in [0.15, 0.2) is 5.65 Å². The van der Waals surface area contributed by atoms with Crippen LogP contribution >= 0.6 is 0 Å². The van der Waals surface area contributed by atoms with Crippen LogP contribution in [-0.2, 0) is 10.0 Å². The number of amides is 1. The van der Waals surface area contributed by atoms with E-state index in [0.717, 1.165) is 12.1 Å². The molecule has 0 N–H and O–H groups in total. The molecule has 3 aromatic rings. The zero-order valence-corrected chi connectivity index (χ0v) is 16.6. The third-order valence-electron chi connectivity index (χ3n) is 4.98. The van der Waals surface area contributed by atoms with Crippen molar-refractivity contribution in [1.29, 1.82) is 0 Å².